The van der Waals surface area contributed by atoms with Crippen LogP contribution in [0.5, 0.6) is 11.5 Å². The Morgan fingerprint density at radius 2 is 1.75 bits per heavy atom. The number of anilines is 1. The molecule has 0 unspecified atom stereocenters. The normalized spacial score (nSPS) is 14.2. The first-order valence-corrected chi connectivity index (χ1v) is 12.7. The Hall–Kier alpha value is -3.31. The molecule has 1 saturated heterocycles. The van der Waals surface area contributed by atoms with Crippen LogP contribution in [-0.4, -0.2) is 54.3 Å². The highest BCUT2D eigenvalue weighted by atomic mass is 79.9. The van der Waals surface area contributed by atoms with E-state index in [1.54, 1.807) is 38.1 Å². The second kappa shape index (κ2) is 12.6. The molecule has 11 heteroatoms. The number of nitrogens with zero attached hydrogens (tertiary/aromatic N) is 1. The summed E-state index contributed by atoms with van der Waals surface area (Å²) in [5, 5.41) is 2.21. The number of amides is 3. The summed E-state index contributed by atoms with van der Waals surface area (Å²) in [6.45, 7) is 5.20. The minimum atomic E-state index is -0.659. The Kier molecular flexibility index (Phi) is 9.54. The van der Waals surface area contributed by atoms with E-state index in [1.165, 1.54) is 6.08 Å². The van der Waals surface area contributed by atoms with Gasteiger partial charge in [0.25, 0.3) is 17.1 Å². The maximum atomic E-state index is 12.7. The summed E-state index contributed by atoms with van der Waals surface area (Å²) in [4.78, 5) is 50.0. The van der Waals surface area contributed by atoms with Crippen LogP contribution >= 0.6 is 27.7 Å². The number of esters is 1. The Labute approximate surface area is 221 Å². The van der Waals surface area contributed by atoms with E-state index < -0.39 is 23.7 Å². The van der Waals surface area contributed by atoms with Gasteiger partial charge in [0.05, 0.1) is 18.1 Å². The summed E-state index contributed by atoms with van der Waals surface area (Å²) >= 11 is 4.17. The molecule has 3 amide bonds. The lowest BCUT2D eigenvalue weighted by Gasteiger charge is -2.14. The lowest BCUT2D eigenvalue weighted by Crippen LogP contribution is -2.34. The highest BCUT2D eigenvalue weighted by molar-refractivity contribution is 9.10. The van der Waals surface area contributed by atoms with E-state index >= 15 is 0 Å². The van der Waals surface area contributed by atoms with E-state index in [2.05, 4.69) is 21.2 Å². The van der Waals surface area contributed by atoms with Crippen LogP contribution in [0.15, 0.2) is 45.8 Å². The standard InChI is InChI=1S/C25H25BrN2O7S/c1-4-33-19-10-16(11-21-24(31)28(25(32)36-21)13-23(30)34-5-2)18(26)12-20(19)35-14-22(29)27-17-8-6-15(3)7-9-17/h6-12H,4-5,13-14H2,1-3H3,(H,27,29)/b21-11+. The number of benzene rings is 2. The largest absolute Gasteiger partial charge is 0.490 e. The van der Waals surface area contributed by atoms with Crippen molar-refractivity contribution in [1.82, 2.24) is 4.90 Å². The number of aryl methyl sites for hydroxylation is 1. The van der Waals surface area contributed by atoms with Gasteiger partial charge in [0.2, 0.25) is 0 Å². The summed E-state index contributed by atoms with van der Waals surface area (Å²) in [6, 6.07) is 10.7. The molecule has 1 fully saturated rings. The maximum absolute atomic E-state index is 12.7. The van der Waals surface area contributed by atoms with E-state index in [4.69, 9.17) is 14.2 Å². The zero-order valence-corrected chi connectivity index (χ0v) is 22.4. The number of thioether (sulfide) groups is 1. The van der Waals surface area contributed by atoms with Crippen molar-refractivity contribution in [1.29, 1.82) is 0 Å². The molecule has 3 rings (SSSR count). The summed E-state index contributed by atoms with van der Waals surface area (Å²) < 4.78 is 16.8. The number of hydrogen-bond donors (Lipinski definition) is 1. The Morgan fingerprint density at radius 3 is 2.42 bits per heavy atom. The second-order valence-electron chi connectivity index (χ2n) is 7.53. The molecule has 9 nitrogen and oxygen atoms in total. The van der Waals surface area contributed by atoms with Crippen LogP contribution in [0.25, 0.3) is 6.08 Å². The van der Waals surface area contributed by atoms with Crippen LogP contribution in [-0.2, 0) is 19.1 Å². The molecule has 0 bridgehead atoms. The van der Waals surface area contributed by atoms with Gasteiger partial charge in [-0.05, 0) is 68.4 Å². The molecule has 0 aromatic heterocycles. The van der Waals surface area contributed by atoms with Crippen molar-refractivity contribution in [3.8, 4) is 11.5 Å². The predicted molar refractivity (Wildman–Crippen MR) is 140 cm³/mol. The molecular formula is C25H25BrN2O7S. The third kappa shape index (κ3) is 7.11. The Morgan fingerprint density at radius 1 is 1.06 bits per heavy atom. The molecule has 2 aromatic carbocycles. The van der Waals surface area contributed by atoms with Crippen LogP contribution in [0.3, 0.4) is 0 Å². The fourth-order valence-corrected chi connectivity index (χ4v) is 4.40. The van der Waals surface area contributed by atoms with E-state index in [1.807, 2.05) is 19.1 Å². The van der Waals surface area contributed by atoms with Gasteiger partial charge in [0.1, 0.15) is 6.54 Å². The van der Waals surface area contributed by atoms with Crippen molar-refractivity contribution in [3.05, 3.63) is 56.9 Å². The predicted octanol–water partition coefficient (Wildman–Crippen LogP) is 4.77. The smallest absolute Gasteiger partial charge is 0.326 e. The number of rotatable bonds is 10. The zero-order valence-electron chi connectivity index (χ0n) is 20.0. The van der Waals surface area contributed by atoms with Crippen molar-refractivity contribution >= 4 is 62.5 Å². The quantitative estimate of drug-likeness (QED) is 0.318. The first-order chi connectivity index (χ1) is 17.2. The summed E-state index contributed by atoms with van der Waals surface area (Å²) in [6.07, 6.45) is 1.52. The number of imide groups is 1. The van der Waals surface area contributed by atoms with Crippen LogP contribution < -0.4 is 14.8 Å². The molecule has 36 heavy (non-hydrogen) atoms. The number of ether oxygens (including phenoxy) is 3. The molecule has 0 radical (unpaired) electrons. The van der Waals surface area contributed by atoms with E-state index in [0.717, 1.165) is 22.2 Å². The van der Waals surface area contributed by atoms with Gasteiger partial charge in [-0.15, -0.1) is 0 Å². The second-order valence-corrected chi connectivity index (χ2v) is 9.38. The third-order valence-electron chi connectivity index (χ3n) is 4.81. The van der Waals surface area contributed by atoms with Gasteiger partial charge in [-0.1, -0.05) is 33.6 Å². The van der Waals surface area contributed by atoms with Gasteiger partial charge < -0.3 is 19.5 Å². The van der Waals surface area contributed by atoms with Crippen LogP contribution in [0, 0.1) is 6.92 Å². The van der Waals surface area contributed by atoms with Crippen molar-refractivity contribution in [2.75, 3.05) is 31.7 Å². The maximum Gasteiger partial charge on any atom is 0.326 e. The van der Waals surface area contributed by atoms with Gasteiger partial charge >= 0.3 is 5.97 Å². The van der Waals surface area contributed by atoms with Gasteiger partial charge in [0.15, 0.2) is 18.1 Å². The van der Waals surface area contributed by atoms with Crippen molar-refractivity contribution in [2.45, 2.75) is 20.8 Å². The minimum Gasteiger partial charge on any atom is -0.490 e. The number of carbonyl (C=O) groups is 4. The number of nitrogens with one attached hydrogen (secondary N) is 1. The molecule has 1 heterocycles. The SMILES string of the molecule is CCOC(=O)CN1C(=O)S/C(=C/c2cc(OCC)c(OCC(=O)Nc3ccc(C)cc3)cc2Br)C1=O. The molecule has 0 atom stereocenters. The molecule has 0 aliphatic carbocycles. The lowest BCUT2D eigenvalue weighted by atomic mass is 10.1. The lowest BCUT2D eigenvalue weighted by molar-refractivity contribution is -0.146. The van der Waals surface area contributed by atoms with Crippen molar-refractivity contribution in [3.63, 3.8) is 0 Å². The Balaban J connectivity index is 1.74. The van der Waals surface area contributed by atoms with Gasteiger partial charge in [-0.25, -0.2) is 0 Å². The van der Waals surface area contributed by atoms with E-state index in [0.29, 0.717) is 33.8 Å². The number of halogens is 1. The van der Waals surface area contributed by atoms with Crippen LogP contribution in [0.2, 0.25) is 0 Å². The van der Waals surface area contributed by atoms with Crippen LogP contribution in [0.4, 0.5) is 10.5 Å². The third-order valence-corrected chi connectivity index (χ3v) is 6.40. The molecule has 1 aliphatic rings. The zero-order chi connectivity index (χ0) is 26.2. The molecule has 0 saturated carbocycles. The molecule has 190 valence electrons. The average molecular weight is 577 g/mol. The Bertz CT molecular complexity index is 1200. The van der Waals surface area contributed by atoms with Crippen molar-refractivity contribution < 1.29 is 33.4 Å². The molecule has 0 spiro atoms. The fraction of sp³-hybridized carbons (Fsp3) is 0.280. The number of carbonyl (C=O) groups excluding carboxylic acids is 4. The minimum absolute atomic E-state index is 0.151. The molecule has 1 aliphatic heterocycles. The van der Waals surface area contributed by atoms with Crippen molar-refractivity contribution in [2.24, 2.45) is 0 Å². The monoisotopic (exact) mass is 576 g/mol. The molecule has 1 N–H and O–H groups in total. The van der Waals surface area contributed by atoms with E-state index in [-0.39, 0.29) is 24.0 Å². The number of hydrogen-bond acceptors (Lipinski definition) is 8. The van der Waals surface area contributed by atoms with E-state index in [9.17, 15) is 19.2 Å². The topological polar surface area (TPSA) is 111 Å². The summed E-state index contributed by atoms with van der Waals surface area (Å²) in [7, 11) is 0. The first kappa shape index (κ1) is 27.3. The highest BCUT2D eigenvalue weighted by Crippen LogP contribution is 2.38. The average Bonchev–Trinajstić information content (AvgIpc) is 3.09. The van der Waals surface area contributed by atoms with Gasteiger partial charge in [-0.3, -0.25) is 24.1 Å². The summed E-state index contributed by atoms with van der Waals surface area (Å²) in [5.74, 6) is -0.891. The first-order valence-electron chi connectivity index (χ1n) is 11.1. The van der Waals surface area contributed by atoms with Gasteiger partial charge in [0, 0.05) is 10.2 Å². The fourth-order valence-electron chi connectivity index (χ4n) is 3.13. The van der Waals surface area contributed by atoms with Gasteiger partial charge in [-0.2, -0.15) is 0 Å². The molecular weight excluding hydrogens is 552 g/mol. The van der Waals surface area contributed by atoms with Crippen LogP contribution in [0.1, 0.15) is 25.0 Å². The highest BCUT2D eigenvalue weighted by Gasteiger charge is 2.36. The summed E-state index contributed by atoms with van der Waals surface area (Å²) in [5.41, 5.74) is 2.29. The molecule has 2 aromatic rings.